The Morgan fingerprint density at radius 3 is 2.61 bits per heavy atom. The molecular formula is C22H23F3N6O2. The molecule has 0 bridgehead atoms. The van der Waals surface area contributed by atoms with Crippen LogP contribution in [0.25, 0.3) is 0 Å². The van der Waals surface area contributed by atoms with Crippen molar-refractivity contribution in [2.24, 2.45) is 0 Å². The molecule has 1 amide bonds. The number of nitrogens with one attached hydrogen (secondary N) is 1. The van der Waals surface area contributed by atoms with Crippen molar-refractivity contribution in [1.29, 1.82) is 5.26 Å². The Labute approximate surface area is 188 Å². The fraction of sp³-hybridized carbons (Fsp3) is 0.455. The van der Waals surface area contributed by atoms with Gasteiger partial charge in [0.2, 0.25) is 0 Å². The van der Waals surface area contributed by atoms with Crippen LogP contribution in [0.4, 0.5) is 19.0 Å². The number of fused-ring (bicyclic) bond motifs is 1. The lowest BCUT2D eigenvalue weighted by atomic mass is 9.95. The van der Waals surface area contributed by atoms with Crippen molar-refractivity contribution in [1.82, 2.24) is 20.0 Å². The lowest BCUT2D eigenvalue weighted by Gasteiger charge is -2.41. The zero-order valence-corrected chi connectivity index (χ0v) is 18.2. The number of halogens is 3. The summed E-state index contributed by atoms with van der Waals surface area (Å²) in [5.41, 5.74) is 0.230. The van der Waals surface area contributed by atoms with E-state index < -0.39 is 29.8 Å². The Morgan fingerprint density at radius 2 is 1.94 bits per heavy atom. The van der Waals surface area contributed by atoms with Crippen molar-refractivity contribution in [2.75, 3.05) is 31.6 Å². The number of rotatable bonds is 5. The van der Waals surface area contributed by atoms with E-state index in [4.69, 9.17) is 4.74 Å². The number of nitrogens with zero attached hydrogens (tertiary/aromatic N) is 5. The topological polar surface area (TPSA) is 94.4 Å². The first-order chi connectivity index (χ1) is 15.8. The van der Waals surface area contributed by atoms with E-state index in [1.54, 1.807) is 13.8 Å². The van der Waals surface area contributed by atoms with Gasteiger partial charge in [-0.15, -0.1) is 0 Å². The molecule has 2 aliphatic heterocycles. The van der Waals surface area contributed by atoms with Crippen LogP contribution >= 0.6 is 0 Å². The summed E-state index contributed by atoms with van der Waals surface area (Å²) < 4.78 is 46.4. The Hall–Kier alpha value is -3.23. The molecule has 33 heavy (non-hydrogen) atoms. The molecule has 0 radical (unpaired) electrons. The molecule has 8 nitrogen and oxygen atoms in total. The molecule has 0 aliphatic carbocycles. The maximum absolute atomic E-state index is 14.7. The Balaban J connectivity index is 1.71. The van der Waals surface area contributed by atoms with E-state index in [9.17, 15) is 23.2 Å². The van der Waals surface area contributed by atoms with Gasteiger partial charge in [-0.3, -0.25) is 9.80 Å². The number of carbonyl (C=O) groups is 1. The number of benzene rings is 1. The summed E-state index contributed by atoms with van der Waals surface area (Å²) in [7, 11) is 0. The molecule has 1 aromatic carbocycles. The van der Waals surface area contributed by atoms with Gasteiger partial charge >= 0.3 is 0 Å². The van der Waals surface area contributed by atoms with Gasteiger partial charge in [-0.05, 0) is 13.8 Å². The highest BCUT2D eigenvalue weighted by molar-refractivity contribution is 5.88. The summed E-state index contributed by atoms with van der Waals surface area (Å²) in [5, 5.41) is 16.2. The average molecular weight is 460 g/mol. The number of nitriles is 1. The van der Waals surface area contributed by atoms with Gasteiger partial charge in [0.1, 0.15) is 17.5 Å². The van der Waals surface area contributed by atoms with Crippen molar-refractivity contribution in [3.8, 4) is 6.07 Å². The molecular weight excluding hydrogens is 437 g/mol. The number of hydrogen-bond acceptors (Lipinski definition) is 7. The molecule has 0 saturated carbocycles. The predicted molar refractivity (Wildman–Crippen MR) is 111 cm³/mol. The number of carbonyl (C=O) groups excluding carboxylic acids is 1. The quantitative estimate of drug-likeness (QED) is 0.732. The predicted octanol–water partition coefficient (Wildman–Crippen LogP) is 3.23. The van der Waals surface area contributed by atoms with E-state index in [1.165, 1.54) is 17.1 Å². The van der Waals surface area contributed by atoms with Crippen molar-refractivity contribution < 1.29 is 22.7 Å². The van der Waals surface area contributed by atoms with Crippen LogP contribution in [0, 0.1) is 24.1 Å². The van der Waals surface area contributed by atoms with Crippen LogP contribution in [-0.2, 0) is 16.1 Å². The number of amides is 1. The number of hydrogen-bond donors (Lipinski definition) is 1. The smallest absolute Gasteiger partial charge is 0.266 e. The van der Waals surface area contributed by atoms with E-state index in [1.807, 2.05) is 11.1 Å². The molecule has 1 aromatic heterocycles. The summed E-state index contributed by atoms with van der Waals surface area (Å²) in [6.45, 7) is 5.30. The van der Waals surface area contributed by atoms with Crippen LogP contribution in [0.5, 0.6) is 0 Å². The Bertz CT molecular complexity index is 1100. The number of hydrazine groups is 1. The third-order valence-corrected chi connectivity index (χ3v) is 5.80. The number of morpholine rings is 1. The minimum Gasteiger partial charge on any atom is -0.379 e. The maximum Gasteiger partial charge on any atom is 0.266 e. The second-order valence-electron chi connectivity index (χ2n) is 7.92. The Morgan fingerprint density at radius 1 is 1.24 bits per heavy atom. The van der Waals surface area contributed by atoms with Gasteiger partial charge in [-0.25, -0.2) is 28.1 Å². The molecule has 2 aromatic rings. The number of aromatic nitrogens is 2. The van der Waals surface area contributed by atoms with Crippen LogP contribution in [0.2, 0.25) is 0 Å². The summed E-state index contributed by atoms with van der Waals surface area (Å²) in [4.78, 5) is 21.8. The molecule has 1 saturated heterocycles. The highest BCUT2D eigenvalue weighted by Crippen LogP contribution is 2.35. The maximum atomic E-state index is 14.7. The first-order valence-electron chi connectivity index (χ1n) is 10.6. The van der Waals surface area contributed by atoms with Crippen molar-refractivity contribution in [3.05, 3.63) is 52.2 Å². The number of alkyl halides is 2. The van der Waals surface area contributed by atoms with Crippen LogP contribution in [-0.4, -0.2) is 52.2 Å². The SMILES string of the molecule is Cc1nc(N[C@H](C)c2cccc(C(F)F)c2F)c2c(n1)C(C#N)C(=O)N(N1CCOCC1)C2. The molecule has 174 valence electrons. The van der Waals surface area contributed by atoms with E-state index in [0.717, 1.165) is 6.07 Å². The fourth-order valence-electron chi connectivity index (χ4n) is 4.13. The summed E-state index contributed by atoms with van der Waals surface area (Å²) >= 11 is 0. The van der Waals surface area contributed by atoms with Crippen molar-refractivity contribution in [3.63, 3.8) is 0 Å². The van der Waals surface area contributed by atoms with E-state index in [2.05, 4.69) is 15.3 Å². The average Bonchev–Trinajstić information content (AvgIpc) is 2.79. The summed E-state index contributed by atoms with van der Waals surface area (Å²) in [6, 6.07) is 5.19. The lowest BCUT2D eigenvalue weighted by molar-refractivity contribution is -0.161. The molecule has 11 heteroatoms. The number of aryl methyl sites for hydroxylation is 1. The first kappa shape index (κ1) is 22.9. The molecule has 1 N–H and O–H groups in total. The molecule has 1 fully saturated rings. The van der Waals surface area contributed by atoms with Gasteiger partial charge in [0.15, 0.2) is 5.92 Å². The minimum absolute atomic E-state index is 0.0616. The summed E-state index contributed by atoms with van der Waals surface area (Å²) in [6.07, 6.45) is -2.93. The van der Waals surface area contributed by atoms with Gasteiger partial charge in [-0.1, -0.05) is 18.2 Å². The third kappa shape index (κ3) is 4.36. The molecule has 1 unspecified atom stereocenters. The second-order valence-corrected chi connectivity index (χ2v) is 7.92. The molecule has 2 atom stereocenters. The van der Waals surface area contributed by atoms with Crippen molar-refractivity contribution >= 4 is 11.7 Å². The second kappa shape index (κ2) is 9.33. The highest BCUT2D eigenvalue weighted by Gasteiger charge is 2.40. The molecule has 2 aliphatic rings. The van der Waals surface area contributed by atoms with Crippen molar-refractivity contribution in [2.45, 2.75) is 38.8 Å². The lowest BCUT2D eigenvalue weighted by Crippen LogP contribution is -2.54. The van der Waals surface area contributed by atoms with Gasteiger partial charge in [0.05, 0.1) is 43.1 Å². The zero-order valence-electron chi connectivity index (χ0n) is 18.2. The standard InChI is InChI=1S/C22H23F3N6O2/c1-12(14-4-3-5-15(18(14)23)20(24)25)27-21-17-11-31(30-6-8-33-9-7-30)22(32)16(10-26)19(17)28-13(2)29-21/h3-5,12,16,20H,6-9,11H2,1-2H3,(H,27,28,29)/t12-,16?/m1/s1. The van der Waals surface area contributed by atoms with Crippen LogP contribution in [0.15, 0.2) is 18.2 Å². The monoisotopic (exact) mass is 460 g/mol. The highest BCUT2D eigenvalue weighted by atomic mass is 19.3. The van der Waals surface area contributed by atoms with Gasteiger partial charge in [0.25, 0.3) is 12.3 Å². The fourth-order valence-corrected chi connectivity index (χ4v) is 4.13. The van der Waals surface area contributed by atoms with Gasteiger partial charge < -0.3 is 10.1 Å². The van der Waals surface area contributed by atoms with Crippen LogP contribution in [0.1, 0.15) is 53.5 Å². The molecule has 4 rings (SSSR count). The molecule has 0 spiro atoms. The zero-order chi connectivity index (χ0) is 23.7. The van der Waals surface area contributed by atoms with Gasteiger partial charge in [-0.2, -0.15) is 5.26 Å². The van der Waals surface area contributed by atoms with Crippen LogP contribution < -0.4 is 5.32 Å². The minimum atomic E-state index is -2.93. The first-order valence-corrected chi connectivity index (χ1v) is 10.6. The van der Waals surface area contributed by atoms with Gasteiger partial charge in [0, 0.05) is 24.2 Å². The molecule has 3 heterocycles. The normalized spacial score (nSPS) is 19.8. The number of anilines is 1. The van der Waals surface area contributed by atoms with E-state index in [-0.39, 0.29) is 18.0 Å². The van der Waals surface area contributed by atoms with Crippen LogP contribution in [0.3, 0.4) is 0 Å². The summed E-state index contributed by atoms with van der Waals surface area (Å²) in [5.74, 6) is -1.81. The Kier molecular flexibility index (Phi) is 6.49. The third-order valence-electron chi connectivity index (χ3n) is 5.80. The number of ether oxygens (including phenoxy) is 1. The largest absolute Gasteiger partial charge is 0.379 e. The van der Waals surface area contributed by atoms with E-state index in [0.29, 0.717) is 49.2 Å². The van der Waals surface area contributed by atoms with E-state index >= 15 is 0 Å².